The molecule has 0 saturated carbocycles. The fourth-order valence-electron chi connectivity index (χ4n) is 2.19. The summed E-state index contributed by atoms with van der Waals surface area (Å²) < 4.78 is 12.6. The first-order chi connectivity index (χ1) is 9.56. The first-order valence-electron chi connectivity index (χ1n) is 6.41. The second-order valence-electron chi connectivity index (χ2n) is 4.71. The summed E-state index contributed by atoms with van der Waals surface area (Å²) in [6.45, 7) is 5.54. The van der Waals surface area contributed by atoms with Crippen LogP contribution in [0.3, 0.4) is 0 Å². The Morgan fingerprint density at radius 2 is 2.50 bits per heavy atom. The Balaban J connectivity index is 2.20. The van der Waals surface area contributed by atoms with Crippen molar-refractivity contribution in [2.45, 2.75) is 31.8 Å². The number of aromatic nitrogens is 2. The van der Waals surface area contributed by atoms with Crippen molar-refractivity contribution < 1.29 is 14.6 Å². The Bertz CT molecular complexity index is 543. The van der Waals surface area contributed by atoms with Gasteiger partial charge in [0.2, 0.25) is 0 Å². The van der Waals surface area contributed by atoms with Gasteiger partial charge in [-0.2, -0.15) is 4.98 Å². The lowest BCUT2D eigenvalue weighted by atomic mass is 10.2. The normalized spacial score (nSPS) is 25.8. The van der Waals surface area contributed by atoms with E-state index in [-0.39, 0.29) is 18.5 Å². The third-order valence-corrected chi connectivity index (χ3v) is 3.27. The van der Waals surface area contributed by atoms with Gasteiger partial charge in [0.1, 0.15) is 18.1 Å². The SMILES string of the molecule is C=CCOC1C[C@H](n2cc(C)c(N)nc2=O)O[C@@H]1CO. The zero-order chi connectivity index (χ0) is 14.7. The molecule has 1 fully saturated rings. The van der Waals surface area contributed by atoms with Crippen LogP contribution in [0.15, 0.2) is 23.6 Å². The molecular weight excluding hydrogens is 262 g/mol. The zero-order valence-electron chi connectivity index (χ0n) is 11.4. The molecule has 1 aromatic rings. The van der Waals surface area contributed by atoms with E-state index in [4.69, 9.17) is 15.2 Å². The average Bonchev–Trinajstić information content (AvgIpc) is 2.83. The van der Waals surface area contributed by atoms with Crippen LogP contribution in [0.2, 0.25) is 0 Å². The zero-order valence-corrected chi connectivity index (χ0v) is 11.4. The van der Waals surface area contributed by atoms with Crippen molar-refractivity contribution in [2.24, 2.45) is 0 Å². The monoisotopic (exact) mass is 281 g/mol. The number of aliphatic hydroxyl groups is 1. The molecule has 1 aliphatic heterocycles. The van der Waals surface area contributed by atoms with Crippen LogP contribution in [-0.4, -0.2) is 40.1 Å². The number of hydrogen-bond acceptors (Lipinski definition) is 6. The lowest BCUT2D eigenvalue weighted by molar-refractivity contribution is -0.0581. The largest absolute Gasteiger partial charge is 0.394 e. The molecule has 0 aliphatic carbocycles. The molecule has 1 aliphatic rings. The summed E-state index contributed by atoms with van der Waals surface area (Å²) >= 11 is 0. The fraction of sp³-hybridized carbons (Fsp3) is 0.538. The molecule has 1 saturated heterocycles. The van der Waals surface area contributed by atoms with Crippen LogP contribution >= 0.6 is 0 Å². The van der Waals surface area contributed by atoms with E-state index in [2.05, 4.69) is 11.6 Å². The quantitative estimate of drug-likeness (QED) is 0.736. The summed E-state index contributed by atoms with van der Waals surface area (Å²) in [7, 11) is 0. The Kier molecular flexibility index (Phi) is 4.53. The van der Waals surface area contributed by atoms with Crippen LogP contribution in [0.5, 0.6) is 0 Å². The number of hydrogen-bond donors (Lipinski definition) is 2. The number of anilines is 1. The van der Waals surface area contributed by atoms with Gasteiger partial charge in [0.05, 0.1) is 19.3 Å². The Labute approximate surface area is 116 Å². The molecule has 3 N–H and O–H groups in total. The molecule has 20 heavy (non-hydrogen) atoms. The van der Waals surface area contributed by atoms with Gasteiger partial charge in [-0.1, -0.05) is 6.08 Å². The lowest BCUT2D eigenvalue weighted by Gasteiger charge is -2.15. The number of nitrogens with zero attached hydrogens (tertiary/aromatic N) is 2. The first kappa shape index (κ1) is 14.7. The molecule has 2 rings (SSSR count). The summed E-state index contributed by atoms with van der Waals surface area (Å²) in [5.41, 5.74) is 5.82. The van der Waals surface area contributed by atoms with E-state index in [0.717, 1.165) is 0 Å². The maximum atomic E-state index is 11.9. The van der Waals surface area contributed by atoms with Crippen LogP contribution < -0.4 is 11.4 Å². The molecule has 0 spiro atoms. The highest BCUT2D eigenvalue weighted by Gasteiger charge is 2.37. The number of rotatable bonds is 5. The summed E-state index contributed by atoms with van der Waals surface area (Å²) in [6.07, 6.45) is 2.44. The predicted molar refractivity (Wildman–Crippen MR) is 73.2 cm³/mol. The molecule has 0 bridgehead atoms. The Morgan fingerprint density at radius 3 is 3.15 bits per heavy atom. The predicted octanol–water partition coefficient (Wildman–Crippen LogP) is -0.0151. The van der Waals surface area contributed by atoms with Gasteiger partial charge in [0.25, 0.3) is 0 Å². The molecule has 0 aromatic carbocycles. The standard InChI is InChI=1S/C13H19N3O4/c1-3-4-19-9-5-11(20-10(9)7-17)16-6-8(2)12(14)15-13(16)18/h3,6,9-11,17H,1,4-5,7H2,2H3,(H2,14,15,18)/t9?,10-,11-/m1/s1. The van der Waals surface area contributed by atoms with Gasteiger partial charge in [0, 0.05) is 18.2 Å². The van der Waals surface area contributed by atoms with Gasteiger partial charge in [-0.3, -0.25) is 4.57 Å². The number of aryl methyl sites for hydroxylation is 1. The van der Waals surface area contributed by atoms with Crippen molar-refractivity contribution in [1.82, 2.24) is 9.55 Å². The second-order valence-corrected chi connectivity index (χ2v) is 4.71. The molecule has 1 unspecified atom stereocenters. The van der Waals surface area contributed by atoms with Crippen LogP contribution in [0.1, 0.15) is 18.2 Å². The molecule has 0 amide bonds. The highest BCUT2D eigenvalue weighted by atomic mass is 16.6. The fourth-order valence-corrected chi connectivity index (χ4v) is 2.19. The molecule has 0 radical (unpaired) electrons. The summed E-state index contributed by atoms with van der Waals surface area (Å²) in [6, 6.07) is 0. The summed E-state index contributed by atoms with van der Waals surface area (Å²) in [4.78, 5) is 15.6. The van der Waals surface area contributed by atoms with Gasteiger partial charge in [-0.05, 0) is 6.92 Å². The topological polar surface area (TPSA) is 99.6 Å². The lowest BCUT2D eigenvalue weighted by Crippen LogP contribution is -2.29. The highest BCUT2D eigenvalue weighted by molar-refractivity contribution is 5.35. The van der Waals surface area contributed by atoms with Gasteiger partial charge in [-0.15, -0.1) is 6.58 Å². The Morgan fingerprint density at radius 1 is 1.75 bits per heavy atom. The minimum atomic E-state index is -0.513. The summed E-state index contributed by atoms with van der Waals surface area (Å²) in [5.74, 6) is 0.211. The van der Waals surface area contributed by atoms with Crippen LogP contribution in [-0.2, 0) is 9.47 Å². The van der Waals surface area contributed by atoms with Crippen molar-refractivity contribution in [3.8, 4) is 0 Å². The van der Waals surface area contributed by atoms with E-state index >= 15 is 0 Å². The Hall–Kier alpha value is -1.70. The average molecular weight is 281 g/mol. The smallest absolute Gasteiger partial charge is 0.351 e. The number of ether oxygens (including phenoxy) is 2. The van der Waals surface area contributed by atoms with Crippen LogP contribution in [0, 0.1) is 6.92 Å². The van der Waals surface area contributed by atoms with E-state index in [1.54, 1.807) is 19.2 Å². The van der Waals surface area contributed by atoms with E-state index in [9.17, 15) is 9.90 Å². The van der Waals surface area contributed by atoms with E-state index in [0.29, 0.717) is 18.6 Å². The van der Waals surface area contributed by atoms with Crippen molar-refractivity contribution in [3.05, 3.63) is 34.9 Å². The van der Waals surface area contributed by atoms with E-state index in [1.165, 1.54) is 4.57 Å². The van der Waals surface area contributed by atoms with E-state index in [1.807, 2.05) is 0 Å². The minimum Gasteiger partial charge on any atom is -0.394 e. The van der Waals surface area contributed by atoms with Crippen molar-refractivity contribution in [1.29, 1.82) is 0 Å². The second kappa shape index (κ2) is 6.17. The molecule has 7 heteroatoms. The first-order valence-corrected chi connectivity index (χ1v) is 6.41. The van der Waals surface area contributed by atoms with Crippen molar-refractivity contribution >= 4 is 5.82 Å². The van der Waals surface area contributed by atoms with Gasteiger partial charge < -0.3 is 20.3 Å². The molecule has 3 atom stereocenters. The maximum absolute atomic E-state index is 11.9. The number of nitrogens with two attached hydrogens (primary N) is 1. The molecular formula is C13H19N3O4. The molecule has 1 aromatic heterocycles. The van der Waals surface area contributed by atoms with Crippen molar-refractivity contribution in [3.63, 3.8) is 0 Å². The van der Waals surface area contributed by atoms with E-state index < -0.39 is 18.0 Å². The van der Waals surface area contributed by atoms with Gasteiger partial charge in [0.15, 0.2) is 0 Å². The molecule has 7 nitrogen and oxygen atoms in total. The third-order valence-electron chi connectivity index (χ3n) is 3.27. The summed E-state index contributed by atoms with van der Waals surface area (Å²) in [5, 5.41) is 9.31. The maximum Gasteiger partial charge on any atom is 0.351 e. The van der Waals surface area contributed by atoms with Crippen LogP contribution in [0.25, 0.3) is 0 Å². The third kappa shape index (κ3) is 2.90. The highest BCUT2D eigenvalue weighted by Crippen LogP contribution is 2.30. The molecule has 110 valence electrons. The number of nitrogen functional groups attached to an aromatic ring is 1. The number of aliphatic hydroxyl groups excluding tert-OH is 1. The van der Waals surface area contributed by atoms with Crippen molar-refractivity contribution in [2.75, 3.05) is 18.9 Å². The molecule has 2 heterocycles. The van der Waals surface area contributed by atoms with Gasteiger partial charge >= 0.3 is 5.69 Å². The van der Waals surface area contributed by atoms with Crippen LogP contribution in [0.4, 0.5) is 5.82 Å². The minimum absolute atomic E-state index is 0.172. The van der Waals surface area contributed by atoms with Gasteiger partial charge in [-0.25, -0.2) is 4.79 Å².